The topological polar surface area (TPSA) is 91.4 Å². The standard InChI is InChI=1S/C20H20F2N4O3S2/c1-12-3-2-8-26(11-12)31(28,29)15-6-4-13(5-7-15)19(27)24-25-20-23-18-16(22)9-14(21)10-17(18)30-20/h4-7,9-10,12H,2-3,8,11H2,1H3,(H,23,25)(H,24,27). The first kappa shape index (κ1) is 21.6. The highest BCUT2D eigenvalue weighted by molar-refractivity contribution is 7.89. The van der Waals surface area contributed by atoms with Gasteiger partial charge in [-0.1, -0.05) is 18.3 Å². The predicted molar refractivity (Wildman–Crippen MR) is 114 cm³/mol. The number of hydrogen-bond donors (Lipinski definition) is 2. The number of carbonyl (C=O) groups excluding carboxylic acids is 1. The zero-order valence-electron chi connectivity index (χ0n) is 16.6. The van der Waals surface area contributed by atoms with Crippen molar-refractivity contribution in [3.8, 4) is 0 Å². The maximum Gasteiger partial charge on any atom is 0.269 e. The number of nitrogens with zero attached hydrogens (tertiary/aromatic N) is 2. The molecular formula is C20H20F2N4O3S2. The Hall–Kier alpha value is -2.63. The second-order valence-electron chi connectivity index (χ2n) is 7.47. The minimum absolute atomic E-state index is 0.00439. The Morgan fingerprint density at radius 3 is 2.68 bits per heavy atom. The zero-order chi connectivity index (χ0) is 22.2. The summed E-state index contributed by atoms with van der Waals surface area (Å²) in [4.78, 5) is 16.5. The zero-order valence-corrected chi connectivity index (χ0v) is 18.2. The van der Waals surface area contributed by atoms with E-state index in [-0.39, 0.29) is 21.1 Å². The van der Waals surface area contributed by atoms with Crippen molar-refractivity contribution in [1.82, 2.24) is 14.7 Å². The maximum absolute atomic E-state index is 13.8. The number of hydrogen-bond acceptors (Lipinski definition) is 6. The van der Waals surface area contributed by atoms with Gasteiger partial charge in [0, 0.05) is 24.7 Å². The van der Waals surface area contributed by atoms with E-state index in [1.54, 1.807) is 0 Å². The van der Waals surface area contributed by atoms with Gasteiger partial charge in [-0.2, -0.15) is 4.31 Å². The van der Waals surface area contributed by atoms with Gasteiger partial charge in [-0.15, -0.1) is 0 Å². The fraction of sp³-hybridized carbons (Fsp3) is 0.300. The van der Waals surface area contributed by atoms with Crippen LogP contribution in [-0.4, -0.2) is 36.7 Å². The number of anilines is 1. The van der Waals surface area contributed by atoms with Crippen molar-refractivity contribution < 1.29 is 22.0 Å². The summed E-state index contributed by atoms with van der Waals surface area (Å²) in [5, 5.41) is 0.186. The number of piperidine rings is 1. The fourth-order valence-electron chi connectivity index (χ4n) is 3.49. The van der Waals surface area contributed by atoms with Crippen LogP contribution < -0.4 is 10.9 Å². The molecule has 1 amide bonds. The number of nitrogens with one attached hydrogen (secondary N) is 2. The Labute approximate surface area is 182 Å². The van der Waals surface area contributed by atoms with E-state index in [1.165, 1.54) is 28.6 Å². The van der Waals surface area contributed by atoms with Gasteiger partial charge < -0.3 is 0 Å². The van der Waals surface area contributed by atoms with Crippen molar-refractivity contribution in [3.05, 3.63) is 53.6 Å². The van der Waals surface area contributed by atoms with Gasteiger partial charge in [-0.25, -0.2) is 22.2 Å². The molecule has 1 atom stereocenters. The molecule has 2 N–H and O–H groups in total. The summed E-state index contributed by atoms with van der Waals surface area (Å²) in [7, 11) is -3.60. The van der Waals surface area contributed by atoms with Crippen LogP contribution in [0.2, 0.25) is 0 Å². The van der Waals surface area contributed by atoms with Crippen molar-refractivity contribution in [1.29, 1.82) is 0 Å². The van der Waals surface area contributed by atoms with Crippen molar-refractivity contribution in [2.75, 3.05) is 18.5 Å². The Kier molecular flexibility index (Phi) is 5.91. The third-order valence-electron chi connectivity index (χ3n) is 5.07. The molecule has 0 saturated carbocycles. The number of hydrazine groups is 1. The van der Waals surface area contributed by atoms with Crippen LogP contribution in [0.4, 0.5) is 13.9 Å². The number of carbonyl (C=O) groups is 1. The smallest absolute Gasteiger partial charge is 0.269 e. The van der Waals surface area contributed by atoms with E-state index in [0.717, 1.165) is 36.3 Å². The lowest BCUT2D eigenvalue weighted by Crippen LogP contribution is -2.39. The van der Waals surface area contributed by atoms with E-state index in [9.17, 15) is 22.0 Å². The second-order valence-corrected chi connectivity index (χ2v) is 10.4. The summed E-state index contributed by atoms with van der Waals surface area (Å²) in [6, 6.07) is 7.55. The van der Waals surface area contributed by atoms with E-state index in [0.29, 0.717) is 23.7 Å². The van der Waals surface area contributed by atoms with Crippen LogP contribution in [0.1, 0.15) is 30.1 Å². The largest absolute Gasteiger partial charge is 0.273 e. The van der Waals surface area contributed by atoms with Crippen LogP contribution >= 0.6 is 11.3 Å². The monoisotopic (exact) mass is 466 g/mol. The molecule has 164 valence electrons. The summed E-state index contributed by atoms with van der Waals surface area (Å²) in [5.41, 5.74) is 5.23. The van der Waals surface area contributed by atoms with Crippen LogP contribution in [0, 0.1) is 17.6 Å². The number of sulfonamides is 1. The van der Waals surface area contributed by atoms with Crippen LogP contribution in [0.5, 0.6) is 0 Å². The number of amides is 1. The van der Waals surface area contributed by atoms with Gasteiger partial charge in [0.1, 0.15) is 11.3 Å². The molecule has 1 saturated heterocycles. The minimum Gasteiger partial charge on any atom is -0.273 e. The Bertz CT molecular complexity index is 1230. The lowest BCUT2D eigenvalue weighted by atomic mass is 10.0. The third kappa shape index (κ3) is 4.53. The summed E-state index contributed by atoms with van der Waals surface area (Å²) >= 11 is 0.983. The van der Waals surface area contributed by atoms with Gasteiger partial charge in [0.15, 0.2) is 5.82 Å². The highest BCUT2D eigenvalue weighted by atomic mass is 32.2. The molecule has 4 rings (SSSR count). The quantitative estimate of drug-likeness (QED) is 0.559. The van der Waals surface area contributed by atoms with Crippen molar-refractivity contribution >= 4 is 42.6 Å². The second kappa shape index (κ2) is 8.48. The molecule has 2 aromatic carbocycles. The molecule has 11 heteroatoms. The molecule has 1 aliphatic heterocycles. The molecule has 1 aromatic heterocycles. The van der Waals surface area contributed by atoms with Gasteiger partial charge in [-0.3, -0.25) is 15.6 Å². The molecule has 1 aliphatic rings. The van der Waals surface area contributed by atoms with Gasteiger partial charge in [0.2, 0.25) is 15.2 Å². The number of halogens is 2. The molecule has 0 radical (unpaired) electrons. The molecule has 1 fully saturated rings. The van der Waals surface area contributed by atoms with Gasteiger partial charge in [0.25, 0.3) is 5.91 Å². The highest BCUT2D eigenvalue weighted by Crippen LogP contribution is 2.28. The summed E-state index contributed by atoms with van der Waals surface area (Å²) in [6.45, 7) is 3.01. The number of thiazole rings is 1. The highest BCUT2D eigenvalue weighted by Gasteiger charge is 2.28. The van der Waals surface area contributed by atoms with Crippen molar-refractivity contribution in [3.63, 3.8) is 0 Å². The average molecular weight is 467 g/mol. The Balaban J connectivity index is 1.43. The molecule has 7 nitrogen and oxygen atoms in total. The molecule has 2 heterocycles. The molecule has 0 aliphatic carbocycles. The summed E-state index contributed by atoms with van der Waals surface area (Å²) < 4.78 is 54.5. The van der Waals surface area contributed by atoms with Gasteiger partial charge in [-0.05, 0) is 49.1 Å². The third-order valence-corrected chi connectivity index (χ3v) is 7.87. The van der Waals surface area contributed by atoms with Crippen molar-refractivity contribution in [2.45, 2.75) is 24.7 Å². The Morgan fingerprint density at radius 1 is 1.23 bits per heavy atom. The summed E-state index contributed by atoms with van der Waals surface area (Å²) in [5.74, 6) is -1.71. The number of fused-ring (bicyclic) bond motifs is 1. The molecule has 0 bridgehead atoms. The van der Waals surface area contributed by atoms with Crippen LogP contribution in [-0.2, 0) is 10.0 Å². The van der Waals surface area contributed by atoms with Crippen LogP contribution in [0.3, 0.4) is 0 Å². The lowest BCUT2D eigenvalue weighted by molar-refractivity contribution is 0.0962. The van der Waals surface area contributed by atoms with E-state index >= 15 is 0 Å². The lowest BCUT2D eigenvalue weighted by Gasteiger charge is -2.30. The molecule has 0 spiro atoms. The first-order valence-electron chi connectivity index (χ1n) is 9.66. The van der Waals surface area contributed by atoms with Crippen LogP contribution in [0.15, 0.2) is 41.3 Å². The predicted octanol–water partition coefficient (Wildman–Crippen LogP) is 3.75. The van der Waals surface area contributed by atoms with Gasteiger partial charge in [0.05, 0.1) is 9.60 Å². The maximum atomic E-state index is 13.8. The van der Waals surface area contributed by atoms with E-state index in [1.807, 2.05) is 6.92 Å². The van der Waals surface area contributed by atoms with E-state index in [2.05, 4.69) is 15.8 Å². The number of benzene rings is 2. The van der Waals surface area contributed by atoms with Crippen molar-refractivity contribution in [2.24, 2.45) is 5.92 Å². The SMILES string of the molecule is CC1CCCN(S(=O)(=O)c2ccc(C(=O)NNc3nc4c(F)cc(F)cc4s3)cc2)C1. The molecule has 3 aromatic rings. The minimum atomic E-state index is -3.60. The average Bonchev–Trinajstić information content (AvgIpc) is 3.15. The van der Waals surface area contributed by atoms with E-state index < -0.39 is 27.6 Å². The number of aromatic nitrogens is 1. The fourth-order valence-corrected chi connectivity index (χ4v) is 5.94. The van der Waals surface area contributed by atoms with E-state index in [4.69, 9.17) is 0 Å². The van der Waals surface area contributed by atoms with Gasteiger partial charge >= 0.3 is 0 Å². The first-order chi connectivity index (χ1) is 14.7. The Morgan fingerprint density at radius 2 is 1.97 bits per heavy atom. The number of rotatable bonds is 5. The normalized spacial score (nSPS) is 17.6. The molecule has 31 heavy (non-hydrogen) atoms. The first-order valence-corrected chi connectivity index (χ1v) is 11.9. The molecular weight excluding hydrogens is 446 g/mol. The molecule has 1 unspecified atom stereocenters. The van der Waals surface area contributed by atoms with Crippen LogP contribution in [0.25, 0.3) is 10.2 Å². The summed E-state index contributed by atoms with van der Waals surface area (Å²) in [6.07, 6.45) is 1.84.